The molecule has 0 saturated heterocycles. The summed E-state index contributed by atoms with van der Waals surface area (Å²) in [5.74, 6) is 0. The van der Waals surface area contributed by atoms with Crippen LogP contribution in [-0.2, 0) is 18.9 Å². The molecule has 2 N–H and O–H groups in total. The molecule has 0 amide bonds. The van der Waals surface area contributed by atoms with Crippen LogP contribution in [0.3, 0.4) is 0 Å². The summed E-state index contributed by atoms with van der Waals surface area (Å²) >= 11 is 0. The van der Waals surface area contributed by atoms with Gasteiger partial charge in [-0.3, -0.25) is 0 Å². The topological polar surface area (TPSA) is 61.0 Å². The molecule has 506 valence electrons. The molecule has 0 aromatic rings. The van der Waals surface area contributed by atoms with Gasteiger partial charge in [0.15, 0.2) is 0 Å². The van der Waals surface area contributed by atoms with Crippen molar-refractivity contribution in [3.05, 3.63) is 0 Å². The van der Waals surface area contributed by atoms with E-state index in [0.29, 0.717) is 0 Å². The van der Waals surface area contributed by atoms with Crippen LogP contribution in [0.15, 0.2) is 0 Å². The average molecular weight is 1190 g/mol. The van der Waals surface area contributed by atoms with Crippen molar-refractivity contribution < 1.29 is 18.9 Å². The monoisotopic (exact) mass is 1190 g/mol. The maximum Gasteiger partial charge on any atom is 0.0932 e. The van der Waals surface area contributed by atoms with Gasteiger partial charge in [0.25, 0.3) is 0 Å². The molecule has 0 aliphatic heterocycles. The zero-order valence-electron chi connectivity index (χ0n) is 58.7. The molecule has 0 aromatic carbocycles. The molecule has 6 nitrogen and oxygen atoms in total. The van der Waals surface area contributed by atoms with Gasteiger partial charge in [-0.05, 0) is 64.6 Å². The summed E-state index contributed by atoms with van der Waals surface area (Å²) in [6.45, 7) is 18.4. The van der Waals surface area contributed by atoms with Gasteiger partial charge in [0, 0.05) is 33.0 Å². The first-order valence-corrected chi connectivity index (χ1v) is 39.6. The third-order valence-electron chi connectivity index (χ3n) is 18.3. The Kier molecular flexibility index (Phi) is 78.6. The predicted molar refractivity (Wildman–Crippen MR) is 376 cm³/mol. The number of nitrogens with one attached hydrogen (secondary N) is 2. The van der Waals surface area contributed by atoms with Crippen LogP contribution in [0.5, 0.6) is 0 Å². The van der Waals surface area contributed by atoms with E-state index in [1.54, 1.807) is 0 Å². The smallest absolute Gasteiger partial charge is 0.0932 e. The van der Waals surface area contributed by atoms with Crippen molar-refractivity contribution in [2.45, 2.75) is 438 Å². The minimum atomic E-state index is 0.154. The standard InChI is InChI=1S/C78H160N2O4/c1-5-9-13-17-21-25-29-33-37-41-45-49-55-61-70-81-75-77(83-72-63-57-51-47-43-39-35-31-27-23-19-15-11-7-3)66-59-53-54-60-67-79-68-65-69-80-74-78(84-73-64-58-52-48-44-40-36-32-28-24-20-16-12-8-4)76-82-71-62-56-50-46-42-38-34-30-26-22-18-14-10-6-2/h77-80H,5-76H2,1-4H3. The molecule has 2 atom stereocenters. The first-order chi connectivity index (χ1) is 41.8. The molecular weight excluding hydrogens is 1030 g/mol. The predicted octanol–water partition coefficient (Wildman–Crippen LogP) is 25.2. The normalized spacial score (nSPS) is 12.6. The van der Waals surface area contributed by atoms with Gasteiger partial charge in [-0.2, -0.15) is 0 Å². The SMILES string of the molecule is CCCCCCCCCCCCCCCCOCC(CCCCCCNCCCNCC(COCCCCCCCCCCCCCCCC)OCCCCCCCCCCCCCCCC)OCCCCCCCCCCCCCCCC. The summed E-state index contributed by atoms with van der Waals surface area (Å²) < 4.78 is 25.6. The highest BCUT2D eigenvalue weighted by Gasteiger charge is 2.12. The number of rotatable bonds is 79. The molecule has 0 aliphatic carbocycles. The number of unbranched alkanes of at least 4 members (excludes halogenated alkanes) is 55. The van der Waals surface area contributed by atoms with Crippen molar-refractivity contribution in [3.8, 4) is 0 Å². The van der Waals surface area contributed by atoms with Crippen molar-refractivity contribution >= 4 is 0 Å². The summed E-state index contributed by atoms with van der Waals surface area (Å²) in [4.78, 5) is 0. The van der Waals surface area contributed by atoms with E-state index in [1.807, 2.05) is 0 Å². The van der Waals surface area contributed by atoms with Crippen LogP contribution in [0.4, 0.5) is 0 Å². The molecule has 2 unspecified atom stereocenters. The minimum Gasteiger partial charge on any atom is -0.379 e. The van der Waals surface area contributed by atoms with E-state index in [4.69, 9.17) is 18.9 Å². The van der Waals surface area contributed by atoms with Crippen LogP contribution in [0.1, 0.15) is 426 Å². The first kappa shape index (κ1) is 83.8. The molecule has 0 saturated carbocycles. The Morgan fingerprint density at radius 2 is 0.429 bits per heavy atom. The molecule has 0 heterocycles. The van der Waals surface area contributed by atoms with E-state index < -0.39 is 0 Å². The van der Waals surface area contributed by atoms with Gasteiger partial charge in [0.1, 0.15) is 0 Å². The van der Waals surface area contributed by atoms with Gasteiger partial charge >= 0.3 is 0 Å². The molecule has 0 radical (unpaired) electrons. The summed E-state index contributed by atoms with van der Waals surface area (Å²) in [6, 6.07) is 0. The Morgan fingerprint density at radius 1 is 0.202 bits per heavy atom. The number of ether oxygens (including phenoxy) is 4. The van der Waals surface area contributed by atoms with Crippen molar-refractivity contribution in [2.24, 2.45) is 0 Å². The van der Waals surface area contributed by atoms with Crippen molar-refractivity contribution in [2.75, 3.05) is 65.8 Å². The molecule has 0 fully saturated rings. The van der Waals surface area contributed by atoms with E-state index in [1.165, 1.54) is 385 Å². The van der Waals surface area contributed by atoms with Crippen LogP contribution in [-0.4, -0.2) is 78.0 Å². The van der Waals surface area contributed by atoms with Crippen molar-refractivity contribution in [1.29, 1.82) is 0 Å². The van der Waals surface area contributed by atoms with E-state index in [9.17, 15) is 0 Å². The third kappa shape index (κ3) is 74.2. The Bertz CT molecular complexity index is 1030. The van der Waals surface area contributed by atoms with Crippen LogP contribution in [0, 0.1) is 0 Å². The van der Waals surface area contributed by atoms with Crippen LogP contribution < -0.4 is 10.6 Å². The Balaban J connectivity index is 4.44. The van der Waals surface area contributed by atoms with Gasteiger partial charge in [-0.25, -0.2) is 0 Å². The summed E-state index contributed by atoms with van der Waals surface area (Å²) in [5, 5.41) is 7.49. The van der Waals surface area contributed by atoms with E-state index in [0.717, 1.165) is 78.7 Å². The maximum atomic E-state index is 6.55. The Morgan fingerprint density at radius 3 is 0.750 bits per heavy atom. The number of hydrogen-bond acceptors (Lipinski definition) is 6. The van der Waals surface area contributed by atoms with Crippen molar-refractivity contribution in [3.63, 3.8) is 0 Å². The Labute approximate surface area is 530 Å². The fraction of sp³-hybridized carbons (Fsp3) is 1.00. The quantitative estimate of drug-likeness (QED) is 0.0592. The largest absolute Gasteiger partial charge is 0.379 e. The summed E-state index contributed by atoms with van der Waals surface area (Å²) in [7, 11) is 0. The Hall–Kier alpha value is -0.240. The highest BCUT2D eigenvalue weighted by Crippen LogP contribution is 2.19. The molecule has 0 aliphatic rings. The van der Waals surface area contributed by atoms with E-state index in [2.05, 4.69) is 38.3 Å². The molecular formula is C78H160N2O4. The van der Waals surface area contributed by atoms with Gasteiger partial charge in [0.2, 0.25) is 0 Å². The first-order valence-electron chi connectivity index (χ1n) is 39.6. The fourth-order valence-corrected chi connectivity index (χ4v) is 12.4. The molecule has 84 heavy (non-hydrogen) atoms. The zero-order chi connectivity index (χ0) is 60.3. The molecule has 0 spiro atoms. The van der Waals surface area contributed by atoms with Crippen LogP contribution >= 0.6 is 0 Å². The van der Waals surface area contributed by atoms with E-state index >= 15 is 0 Å². The minimum absolute atomic E-state index is 0.154. The van der Waals surface area contributed by atoms with Gasteiger partial charge in [-0.15, -0.1) is 0 Å². The summed E-state index contributed by atoms with van der Waals surface area (Å²) in [6.07, 6.45) is 86.1. The van der Waals surface area contributed by atoms with Gasteiger partial charge in [0.05, 0.1) is 25.4 Å². The third-order valence-corrected chi connectivity index (χ3v) is 18.3. The highest BCUT2D eigenvalue weighted by atomic mass is 16.5. The average Bonchev–Trinajstić information content (AvgIpc) is 3.50. The van der Waals surface area contributed by atoms with Gasteiger partial charge < -0.3 is 29.6 Å². The second-order valence-corrected chi connectivity index (χ2v) is 27.0. The van der Waals surface area contributed by atoms with Crippen LogP contribution in [0.2, 0.25) is 0 Å². The van der Waals surface area contributed by atoms with Crippen LogP contribution in [0.25, 0.3) is 0 Å². The lowest BCUT2D eigenvalue weighted by molar-refractivity contribution is -0.0235. The van der Waals surface area contributed by atoms with E-state index in [-0.39, 0.29) is 12.2 Å². The molecule has 0 rings (SSSR count). The lowest BCUT2D eigenvalue weighted by Crippen LogP contribution is -2.34. The fourth-order valence-electron chi connectivity index (χ4n) is 12.4. The maximum absolute atomic E-state index is 6.55. The molecule has 0 aromatic heterocycles. The molecule has 6 heteroatoms. The lowest BCUT2D eigenvalue weighted by atomic mass is 10.0. The van der Waals surface area contributed by atoms with Gasteiger partial charge in [-0.1, -0.05) is 381 Å². The number of hydrogen-bond donors (Lipinski definition) is 2. The zero-order valence-corrected chi connectivity index (χ0v) is 58.7. The second-order valence-electron chi connectivity index (χ2n) is 27.0. The van der Waals surface area contributed by atoms with Crippen molar-refractivity contribution in [1.82, 2.24) is 10.6 Å². The lowest BCUT2D eigenvalue weighted by Gasteiger charge is -2.19. The highest BCUT2D eigenvalue weighted by molar-refractivity contribution is 4.65. The molecule has 0 bridgehead atoms. The summed E-state index contributed by atoms with van der Waals surface area (Å²) in [5.41, 5.74) is 0. The second kappa shape index (κ2) is 78.9.